The number of benzene rings is 8. The molecule has 104 heavy (non-hydrogen) atoms. The third-order valence-electron chi connectivity index (χ3n) is 20.5. The average molecular weight is 1440 g/mol. The monoisotopic (exact) mass is 1430 g/mol. The number of alkyl halides is 8. The van der Waals surface area contributed by atoms with Crippen molar-refractivity contribution in [3.05, 3.63) is 179 Å². The second-order valence-corrected chi connectivity index (χ2v) is 31.3. The third kappa shape index (κ3) is 16.3. The standard InChI is InChI=1S/C86H98F8N4O6/c1-13-17-23-55(15-3)49-97-75-39-33-59(73(95-101)41-53(5)47-81(7,8)9)43-67(75)69-45-71(63-25-19-21-27-65(63)77(69)97)79(99)57-29-35-61(36-30-57)103-51-83(87,88)85(91,92)86(93,94)84(89,90)52-104-62-37-31-58(32-38-62)80(100)72-46-70-68-44-60(74(96-102)42-54(6)48-82(10,11)12)34-40-76(68)98(50-56(16-4)24-18-14-2)78(70)66-28-22-20-26-64(66)72/h19-22,25-40,43-46,53-56,101-102H,13-18,23-24,41-42,47-52H2,1-12H3/b95-73+,96-74+. The number of ether oxygens (including phenoxy) is 2. The summed E-state index contributed by atoms with van der Waals surface area (Å²) in [5.41, 5.74) is 6.80. The average Bonchev–Trinajstić information content (AvgIpc) is 1.50. The zero-order chi connectivity index (χ0) is 75.4. The molecule has 2 N–H and O–H groups in total. The topological polar surface area (TPSA) is 128 Å². The molecule has 554 valence electrons. The molecule has 0 amide bonds. The van der Waals surface area contributed by atoms with E-state index in [1.165, 1.54) is 24.3 Å². The molecule has 0 aliphatic heterocycles. The van der Waals surface area contributed by atoms with Gasteiger partial charge in [-0.3, -0.25) is 9.59 Å². The Kier molecular flexibility index (Phi) is 23.6. The van der Waals surface area contributed by atoms with Crippen molar-refractivity contribution >= 4 is 88.1 Å². The summed E-state index contributed by atoms with van der Waals surface area (Å²) in [4.78, 5) is 29.6. The van der Waals surface area contributed by atoms with Gasteiger partial charge < -0.3 is 29.0 Å². The quantitative estimate of drug-likeness (QED) is 0.0139. The molecule has 0 bridgehead atoms. The Bertz CT molecular complexity index is 4490. The summed E-state index contributed by atoms with van der Waals surface area (Å²) in [6, 6.07) is 39.3. The molecule has 0 spiro atoms. The predicted octanol–water partition coefficient (Wildman–Crippen LogP) is 24.4. The molecule has 0 fully saturated rings. The maximum atomic E-state index is 15.6. The highest BCUT2D eigenvalue weighted by molar-refractivity contribution is 6.28. The fourth-order valence-corrected chi connectivity index (χ4v) is 15.4. The number of hydrogen-bond donors (Lipinski definition) is 2. The molecule has 0 aliphatic rings. The Morgan fingerprint density at radius 3 is 1.10 bits per heavy atom. The van der Waals surface area contributed by atoms with Gasteiger partial charge in [0, 0.05) is 89.8 Å². The predicted molar refractivity (Wildman–Crippen MR) is 403 cm³/mol. The van der Waals surface area contributed by atoms with Crippen molar-refractivity contribution in [1.29, 1.82) is 0 Å². The van der Waals surface area contributed by atoms with E-state index in [4.69, 9.17) is 9.47 Å². The van der Waals surface area contributed by atoms with Crippen LogP contribution in [-0.4, -0.2) is 79.4 Å². The molecule has 4 unspecified atom stereocenters. The summed E-state index contributed by atoms with van der Waals surface area (Å²) in [6.07, 6.45) is 10.9. The van der Waals surface area contributed by atoms with Gasteiger partial charge in [-0.1, -0.05) is 193 Å². The van der Waals surface area contributed by atoms with Crippen molar-refractivity contribution in [2.45, 2.75) is 197 Å². The van der Waals surface area contributed by atoms with Crippen LogP contribution in [-0.2, 0) is 13.1 Å². The van der Waals surface area contributed by atoms with Crippen LogP contribution in [0.3, 0.4) is 0 Å². The lowest BCUT2D eigenvalue weighted by atomic mass is 9.82. The number of rotatable bonds is 33. The normalized spacial score (nSPS) is 14.5. The molecule has 10 rings (SSSR count). The first-order valence-electron chi connectivity index (χ1n) is 36.6. The minimum absolute atomic E-state index is 0.0318. The molecule has 0 radical (unpaired) electrons. The number of carbonyl (C=O) groups excluding carboxylic acids is 2. The largest absolute Gasteiger partial charge is 0.487 e. The molecule has 2 heterocycles. The molecule has 18 heteroatoms. The lowest BCUT2D eigenvalue weighted by Crippen LogP contribution is -2.65. The molecule has 10 nitrogen and oxygen atoms in total. The fourth-order valence-electron chi connectivity index (χ4n) is 15.4. The van der Waals surface area contributed by atoms with Crippen molar-refractivity contribution in [1.82, 2.24) is 9.13 Å². The second kappa shape index (κ2) is 31.5. The van der Waals surface area contributed by atoms with E-state index >= 15 is 35.1 Å². The van der Waals surface area contributed by atoms with Crippen LogP contribution in [0, 0.1) is 34.5 Å². The molecule has 10 aromatic rings. The van der Waals surface area contributed by atoms with E-state index in [2.05, 4.69) is 103 Å². The molecule has 0 saturated carbocycles. The van der Waals surface area contributed by atoms with Gasteiger partial charge in [-0.25, -0.2) is 0 Å². The number of nitrogens with zero attached hydrogens (tertiary/aromatic N) is 4. The zero-order valence-electron chi connectivity index (χ0n) is 61.8. The van der Waals surface area contributed by atoms with Gasteiger partial charge >= 0.3 is 23.7 Å². The van der Waals surface area contributed by atoms with Gasteiger partial charge in [0.1, 0.15) is 11.5 Å². The highest BCUT2D eigenvalue weighted by Gasteiger charge is 2.81. The lowest BCUT2D eigenvalue weighted by molar-refractivity contribution is -0.371. The highest BCUT2D eigenvalue weighted by atomic mass is 19.4. The van der Waals surface area contributed by atoms with E-state index in [-0.39, 0.29) is 44.9 Å². The lowest BCUT2D eigenvalue weighted by Gasteiger charge is -2.36. The summed E-state index contributed by atoms with van der Waals surface area (Å²) >= 11 is 0. The maximum absolute atomic E-state index is 15.6. The van der Waals surface area contributed by atoms with Crippen LogP contribution in [0.1, 0.15) is 203 Å². The van der Waals surface area contributed by atoms with E-state index in [1.807, 2.05) is 72.8 Å². The minimum Gasteiger partial charge on any atom is -0.487 e. The zero-order valence-corrected chi connectivity index (χ0v) is 61.8. The number of ketones is 2. The van der Waals surface area contributed by atoms with Gasteiger partial charge in [0.15, 0.2) is 24.8 Å². The smallest absolute Gasteiger partial charge is 0.381 e. The van der Waals surface area contributed by atoms with Crippen molar-refractivity contribution < 1.29 is 64.6 Å². The Balaban J connectivity index is 0.862. The molecular formula is C86H98F8N4O6. The van der Waals surface area contributed by atoms with Crippen LogP contribution < -0.4 is 9.47 Å². The third-order valence-corrected chi connectivity index (χ3v) is 20.5. The van der Waals surface area contributed by atoms with Gasteiger partial charge in [-0.2, -0.15) is 35.1 Å². The maximum Gasteiger partial charge on any atom is 0.381 e. The first-order chi connectivity index (χ1) is 49.2. The summed E-state index contributed by atoms with van der Waals surface area (Å²) in [5, 5.41) is 34.3. The number of oxime groups is 2. The van der Waals surface area contributed by atoms with Gasteiger partial charge in [0.2, 0.25) is 0 Å². The van der Waals surface area contributed by atoms with Crippen LogP contribution in [0.2, 0.25) is 0 Å². The van der Waals surface area contributed by atoms with E-state index in [0.717, 1.165) is 154 Å². The van der Waals surface area contributed by atoms with Gasteiger partial charge in [-0.15, -0.1) is 0 Å². The number of halogens is 8. The van der Waals surface area contributed by atoms with Gasteiger partial charge in [0.25, 0.3) is 0 Å². The van der Waals surface area contributed by atoms with E-state index in [0.29, 0.717) is 60.0 Å². The Morgan fingerprint density at radius 1 is 0.442 bits per heavy atom. The van der Waals surface area contributed by atoms with Crippen molar-refractivity contribution in [2.75, 3.05) is 13.2 Å². The van der Waals surface area contributed by atoms with E-state index in [1.54, 1.807) is 24.3 Å². The SMILES string of the molecule is CCCCC(CC)Cn1c2ccc(/C(CC(C)CC(C)(C)C)=N/O)cc2c2cc(C(=O)c3ccc(OCC(F)(F)C(F)(F)C(F)(F)C(F)(F)COc4ccc(C(=O)c5cc6c7cc(/C(CC(C)CC(C)(C)C)=N/O)ccc7n(CC(CC)CCCC)c6c6ccccc56)cc4)cc3)c3ccccc3c21. The van der Waals surface area contributed by atoms with Crippen molar-refractivity contribution in [3.63, 3.8) is 0 Å². The molecule has 2 aromatic heterocycles. The number of hydrogen-bond acceptors (Lipinski definition) is 8. The molecule has 0 saturated heterocycles. The second-order valence-electron chi connectivity index (χ2n) is 31.3. The highest BCUT2D eigenvalue weighted by Crippen LogP contribution is 2.53. The Hall–Kier alpha value is -8.80. The molecule has 8 aromatic carbocycles. The van der Waals surface area contributed by atoms with Crippen LogP contribution in [0.4, 0.5) is 35.1 Å². The first kappa shape index (κ1) is 77.8. The minimum atomic E-state index is -6.71. The van der Waals surface area contributed by atoms with Crippen LogP contribution in [0.5, 0.6) is 11.5 Å². The molecule has 4 atom stereocenters. The molecule has 0 aliphatic carbocycles. The summed E-state index contributed by atoms with van der Waals surface area (Å²) < 4.78 is 139. The van der Waals surface area contributed by atoms with Crippen LogP contribution in [0.25, 0.3) is 65.2 Å². The van der Waals surface area contributed by atoms with E-state index < -0.39 is 60.0 Å². The van der Waals surface area contributed by atoms with E-state index in [9.17, 15) is 20.0 Å². The number of aromatic nitrogens is 2. The van der Waals surface area contributed by atoms with Crippen LogP contribution >= 0.6 is 0 Å². The number of unbranched alkanes of at least 4 members (excludes halogenated alkanes) is 2. The van der Waals surface area contributed by atoms with Crippen molar-refractivity contribution in [3.8, 4) is 11.5 Å². The summed E-state index contributed by atoms with van der Waals surface area (Å²) in [5.74, 6) is -26.3. The Labute approximate surface area is 604 Å². The first-order valence-corrected chi connectivity index (χ1v) is 36.6. The summed E-state index contributed by atoms with van der Waals surface area (Å²) in [6.45, 7) is 22.3. The van der Waals surface area contributed by atoms with Crippen molar-refractivity contribution in [2.24, 2.45) is 44.8 Å². The Morgan fingerprint density at radius 2 is 0.779 bits per heavy atom. The molecular weight excluding hydrogens is 1340 g/mol. The summed E-state index contributed by atoms with van der Waals surface area (Å²) in [7, 11) is 0. The van der Waals surface area contributed by atoms with Crippen LogP contribution in [0.15, 0.2) is 156 Å². The van der Waals surface area contributed by atoms with Gasteiger partial charge in [-0.05, 0) is 169 Å². The van der Waals surface area contributed by atoms with Gasteiger partial charge in [0.05, 0.1) is 22.5 Å². The number of fused-ring (bicyclic) bond motifs is 10. The number of carbonyl (C=O) groups is 2. The fraction of sp³-hybridized carbons (Fsp3) is 0.442.